The molecule has 2 aliphatic heterocycles. The summed E-state index contributed by atoms with van der Waals surface area (Å²) in [5, 5.41) is 0. The lowest BCUT2D eigenvalue weighted by Crippen LogP contribution is -2.54. The molecule has 4 unspecified atom stereocenters. The third-order valence-corrected chi connectivity index (χ3v) is 9.75. The van der Waals surface area contributed by atoms with E-state index in [1.165, 1.54) is 51.4 Å². The Hall–Kier alpha value is 0.400. The smallest absolute Gasteiger partial charge is 0.147 e. The maximum atomic E-state index is 5.98. The Bertz CT molecular complexity index is 485. The van der Waals surface area contributed by atoms with Gasteiger partial charge >= 0.3 is 0 Å². The zero-order chi connectivity index (χ0) is 17.9. The van der Waals surface area contributed by atoms with E-state index in [-0.39, 0.29) is 0 Å². The summed E-state index contributed by atoms with van der Waals surface area (Å²) < 4.78 is 13.9. The summed E-state index contributed by atoms with van der Waals surface area (Å²) in [4.78, 5) is 4.82. The maximum Gasteiger partial charge on any atom is 0.147 e. The van der Waals surface area contributed by atoms with Crippen LogP contribution in [0.4, 0.5) is 0 Å². The lowest BCUT2D eigenvalue weighted by Gasteiger charge is -2.45. The highest BCUT2D eigenvalue weighted by Gasteiger charge is 2.37. The van der Waals surface area contributed by atoms with E-state index in [2.05, 4.69) is 9.80 Å². The Morgan fingerprint density at radius 1 is 0.692 bits per heavy atom. The fourth-order valence-corrected chi connectivity index (χ4v) is 7.67. The predicted molar refractivity (Wildman–Crippen MR) is 118 cm³/mol. The number of ether oxygens (including phenoxy) is 2. The van der Waals surface area contributed by atoms with Crippen LogP contribution >= 0.6 is 46.0 Å². The molecule has 8 heteroatoms. The molecular weight excluding hydrogens is 404 g/mol. The van der Waals surface area contributed by atoms with Crippen molar-refractivity contribution in [3.63, 3.8) is 0 Å². The van der Waals surface area contributed by atoms with Crippen molar-refractivity contribution < 1.29 is 9.47 Å². The van der Waals surface area contributed by atoms with Crippen LogP contribution in [-0.2, 0) is 9.47 Å². The van der Waals surface area contributed by atoms with Crippen molar-refractivity contribution in [2.75, 3.05) is 26.3 Å². The van der Waals surface area contributed by atoms with Crippen LogP contribution in [0.5, 0.6) is 0 Å². The van der Waals surface area contributed by atoms with Crippen molar-refractivity contribution in [3.05, 3.63) is 0 Å². The molecule has 0 aromatic rings. The quantitative estimate of drug-likeness (QED) is 0.414. The van der Waals surface area contributed by atoms with Crippen molar-refractivity contribution >= 4 is 54.7 Å². The van der Waals surface area contributed by atoms with E-state index in [1.807, 2.05) is 0 Å². The number of nitrogens with zero attached hydrogens (tertiary/aromatic N) is 2. The van der Waals surface area contributed by atoms with Crippen molar-refractivity contribution in [1.82, 2.24) is 9.80 Å². The zero-order valence-electron chi connectivity index (χ0n) is 15.1. The third kappa shape index (κ3) is 4.35. The van der Waals surface area contributed by atoms with E-state index >= 15 is 0 Å². The molecule has 4 fully saturated rings. The minimum atomic E-state index is 0.371. The first-order valence-corrected chi connectivity index (χ1v) is 12.9. The first-order chi connectivity index (χ1) is 12.7. The molecule has 0 aromatic heterocycles. The van der Waals surface area contributed by atoms with Crippen LogP contribution in [0.25, 0.3) is 0 Å². The van der Waals surface area contributed by atoms with Crippen LogP contribution in [0.15, 0.2) is 0 Å². The van der Waals surface area contributed by atoms with Gasteiger partial charge in [0.2, 0.25) is 0 Å². The molecular formula is C18H28N2O2S4. The first-order valence-electron chi connectivity index (χ1n) is 9.93. The minimum Gasteiger partial charge on any atom is -0.374 e. The molecule has 0 bridgehead atoms. The Morgan fingerprint density at radius 2 is 1.12 bits per heavy atom. The minimum absolute atomic E-state index is 0.371. The molecule has 0 radical (unpaired) electrons. The molecule has 26 heavy (non-hydrogen) atoms. The van der Waals surface area contributed by atoms with Crippen molar-refractivity contribution in [2.24, 2.45) is 0 Å². The molecule has 0 spiro atoms. The number of thiocarbonyl (C=S) groups is 2. The van der Waals surface area contributed by atoms with Gasteiger partial charge in [-0.15, -0.1) is 0 Å². The van der Waals surface area contributed by atoms with Gasteiger partial charge in [0, 0.05) is 13.1 Å². The number of fused-ring (bicyclic) bond motifs is 2. The third-order valence-electron chi connectivity index (χ3n) is 6.12. The second-order valence-electron chi connectivity index (χ2n) is 7.61. The summed E-state index contributed by atoms with van der Waals surface area (Å²) in [5.74, 6) is 0. The number of hydrogen-bond acceptors (Lipinski definition) is 6. The Kier molecular flexibility index (Phi) is 7.02. The largest absolute Gasteiger partial charge is 0.374 e. The second kappa shape index (κ2) is 9.27. The van der Waals surface area contributed by atoms with Crippen LogP contribution < -0.4 is 0 Å². The van der Waals surface area contributed by atoms with Crippen LogP contribution in [0.3, 0.4) is 0 Å². The molecule has 2 heterocycles. The highest BCUT2D eigenvalue weighted by Crippen LogP contribution is 2.37. The summed E-state index contributed by atoms with van der Waals surface area (Å²) in [5.41, 5.74) is 0. The van der Waals surface area contributed by atoms with Crippen molar-refractivity contribution in [2.45, 2.75) is 75.7 Å². The molecule has 2 saturated carbocycles. The molecule has 4 atom stereocenters. The van der Waals surface area contributed by atoms with E-state index in [4.69, 9.17) is 33.9 Å². The maximum absolute atomic E-state index is 5.98. The average molecular weight is 433 g/mol. The SMILES string of the molecule is S=C(SSC(=S)N1CCOC2CCCCC21)N1CCOC2CCCCC21. The van der Waals surface area contributed by atoms with E-state index in [0.717, 1.165) is 34.9 Å². The lowest BCUT2D eigenvalue weighted by molar-refractivity contribution is -0.0619. The average Bonchev–Trinajstić information content (AvgIpc) is 2.71. The van der Waals surface area contributed by atoms with Crippen LogP contribution in [0.2, 0.25) is 0 Å². The van der Waals surface area contributed by atoms with Crippen LogP contribution in [-0.4, -0.2) is 69.0 Å². The predicted octanol–water partition coefficient (Wildman–Crippen LogP) is 4.22. The number of hydrogen-bond donors (Lipinski definition) is 0. The topological polar surface area (TPSA) is 24.9 Å². The number of rotatable bonds is 0. The van der Waals surface area contributed by atoms with E-state index in [0.29, 0.717) is 24.3 Å². The lowest BCUT2D eigenvalue weighted by atomic mass is 9.90. The van der Waals surface area contributed by atoms with Crippen LogP contribution in [0, 0.1) is 0 Å². The highest BCUT2D eigenvalue weighted by atomic mass is 33.1. The summed E-state index contributed by atoms with van der Waals surface area (Å²) in [6.45, 7) is 3.43. The normalized spacial score (nSPS) is 34.8. The fraction of sp³-hybridized carbons (Fsp3) is 0.889. The molecule has 2 aliphatic carbocycles. The first kappa shape index (κ1) is 19.7. The van der Waals surface area contributed by atoms with Gasteiger partial charge in [0.15, 0.2) is 0 Å². The molecule has 4 aliphatic rings. The molecule has 0 aromatic carbocycles. The molecule has 4 nitrogen and oxygen atoms in total. The Labute approximate surface area is 175 Å². The Balaban J connectivity index is 1.31. The van der Waals surface area contributed by atoms with Crippen LogP contribution in [0.1, 0.15) is 51.4 Å². The van der Waals surface area contributed by atoms with Gasteiger partial charge in [-0.25, -0.2) is 0 Å². The van der Waals surface area contributed by atoms with Crippen molar-refractivity contribution in [1.29, 1.82) is 0 Å². The fourth-order valence-electron chi connectivity index (χ4n) is 4.81. The van der Waals surface area contributed by atoms with Gasteiger partial charge in [0.1, 0.15) is 8.64 Å². The standard InChI is InChI=1S/C18H28N2O2S4/c23-17(19-9-11-21-15-7-3-1-5-13(15)19)25-26-18(24)20-10-12-22-16-8-4-2-6-14(16)20/h13-16H,1-12H2. The summed E-state index contributed by atoms with van der Waals surface area (Å²) >= 11 is 11.6. The molecule has 2 saturated heterocycles. The molecule has 0 N–H and O–H groups in total. The molecule has 146 valence electrons. The monoisotopic (exact) mass is 432 g/mol. The summed E-state index contributed by atoms with van der Waals surface area (Å²) in [6, 6.07) is 0.940. The zero-order valence-corrected chi connectivity index (χ0v) is 18.4. The second-order valence-corrected chi connectivity index (χ2v) is 11.0. The van der Waals surface area contributed by atoms with Gasteiger partial charge in [-0.3, -0.25) is 0 Å². The van der Waals surface area contributed by atoms with Gasteiger partial charge in [-0.05, 0) is 47.3 Å². The van der Waals surface area contributed by atoms with Gasteiger partial charge < -0.3 is 19.3 Å². The van der Waals surface area contributed by atoms with E-state index < -0.39 is 0 Å². The molecule has 4 rings (SSSR count). The van der Waals surface area contributed by atoms with Gasteiger partial charge in [-0.1, -0.05) is 50.1 Å². The summed E-state index contributed by atoms with van der Waals surface area (Å²) in [7, 11) is 3.35. The van der Waals surface area contributed by atoms with E-state index in [1.54, 1.807) is 21.6 Å². The van der Waals surface area contributed by atoms with Gasteiger partial charge in [0.25, 0.3) is 0 Å². The highest BCUT2D eigenvalue weighted by molar-refractivity contribution is 8.89. The van der Waals surface area contributed by atoms with Gasteiger partial charge in [0.05, 0.1) is 37.5 Å². The molecule has 0 amide bonds. The van der Waals surface area contributed by atoms with Crippen molar-refractivity contribution in [3.8, 4) is 0 Å². The Morgan fingerprint density at radius 3 is 1.58 bits per heavy atom. The summed E-state index contributed by atoms with van der Waals surface area (Å²) in [6.07, 6.45) is 10.6. The van der Waals surface area contributed by atoms with Gasteiger partial charge in [-0.2, -0.15) is 0 Å². The number of morpholine rings is 2. The van der Waals surface area contributed by atoms with E-state index in [9.17, 15) is 0 Å².